The fraction of sp³-hybridized carbons (Fsp3) is 0.652. The highest BCUT2D eigenvalue weighted by atomic mass is 16.5. The summed E-state index contributed by atoms with van der Waals surface area (Å²) in [4.78, 5) is 10.5. The zero-order chi connectivity index (χ0) is 20.2. The molecule has 0 amide bonds. The summed E-state index contributed by atoms with van der Waals surface area (Å²) < 4.78 is 12.0. The van der Waals surface area contributed by atoms with Crippen LogP contribution < -0.4 is 9.47 Å². The molecule has 1 atom stereocenters. The molecule has 0 aliphatic carbocycles. The third-order valence-corrected chi connectivity index (χ3v) is 5.36. The van der Waals surface area contributed by atoms with E-state index in [2.05, 4.69) is 13.0 Å². The number of nitrogens with zero attached hydrogens (tertiary/aromatic N) is 1. The molecule has 0 aromatic heterocycles. The second-order valence-electron chi connectivity index (χ2n) is 7.95. The van der Waals surface area contributed by atoms with Crippen LogP contribution in [0.1, 0.15) is 83.1 Å². The van der Waals surface area contributed by atoms with Crippen molar-refractivity contribution >= 4 is 5.97 Å². The molecule has 0 saturated carbocycles. The molecule has 0 fully saturated rings. The Hall–Kier alpha value is -2.22. The van der Waals surface area contributed by atoms with Crippen molar-refractivity contribution in [2.24, 2.45) is 0 Å². The van der Waals surface area contributed by atoms with E-state index in [0.717, 1.165) is 43.6 Å². The number of hydrogen-bond acceptors (Lipinski definition) is 4. The summed E-state index contributed by atoms with van der Waals surface area (Å²) >= 11 is 0. The summed E-state index contributed by atoms with van der Waals surface area (Å²) in [6, 6.07) is 8.11. The maximum absolute atomic E-state index is 10.5. The van der Waals surface area contributed by atoms with Gasteiger partial charge in [-0.05, 0) is 69.2 Å². The number of ether oxygens (including phenoxy) is 2. The van der Waals surface area contributed by atoms with Gasteiger partial charge < -0.3 is 14.6 Å². The van der Waals surface area contributed by atoms with Crippen LogP contribution in [0.25, 0.3) is 0 Å². The van der Waals surface area contributed by atoms with Crippen LogP contribution in [0.2, 0.25) is 0 Å². The van der Waals surface area contributed by atoms with E-state index in [1.54, 1.807) is 0 Å². The highest BCUT2D eigenvalue weighted by molar-refractivity contribution is 5.66. The first kappa shape index (κ1) is 22.1. The van der Waals surface area contributed by atoms with Gasteiger partial charge in [-0.2, -0.15) is 5.26 Å². The SMILES string of the molecule is CC1(CCCCCCCCC#N)CCc2cc(OCCCC(=O)O)ccc2O1. The van der Waals surface area contributed by atoms with Crippen molar-refractivity contribution in [3.63, 3.8) is 0 Å². The van der Waals surface area contributed by atoms with Crippen molar-refractivity contribution in [2.75, 3.05) is 6.61 Å². The molecule has 5 nitrogen and oxygen atoms in total. The molecule has 0 saturated heterocycles. The standard InChI is InChI=1S/C23H33NO4/c1-23(14-7-5-3-2-4-6-8-16-24)15-13-19-18-20(11-12-21(19)28-23)27-17-9-10-22(25)26/h11-12,18H,2-10,13-15,17H2,1H3,(H,25,26). The first-order valence-corrected chi connectivity index (χ1v) is 10.6. The van der Waals surface area contributed by atoms with Gasteiger partial charge in [0.1, 0.15) is 17.1 Å². The third-order valence-electron chi connectivity index (χ3n) is 5.36. The maximum atomic E-state index is 10.5. The van der Waals surface area contributed by atoms with Gasteiger partial charge in [-0.3, -0.25) is 4.79 Å². The first-order chi connectivity index (χ1) is 13.5. The number of aliphatic carboxylic acids is 1. The fourth-order valence-corrected chi connectivity index (χ4v) is 3.66. The molecule has 0 bridgehead atoms. The van der Waals surface area contributed by atoms with E-state index >= 15 is 0 Å². The van der Waals surface area contributed by atoms with Crippen LogP contribution in [0.3, 0.4) is 0 Å². The summed E-state index contributed by atoms with van der Waals surface area (Å²) in [6.45, 7) is 2.62. The predicted octanol–water partition coefficient (Wildman–Crippen LogP) is 5.66. The quantitative estimate of drug-likeness (QED) is 0.442. The van der Waals surface area contributed by atoms with E-state index < -0.39 is 5.97 Å². The van der Waals surface area contributed by atoms with Crippen LogP contribution in [0.15, 0.2) is 18.2 Å². The van der Waals surface area contributed by atoms with E-state index in [0.29, 0.717) is 19.4 Å². The minimum Gasteiger partial charge on any atom is -0.494 e. The van der Waals surface area contributed by atoms with Crippen molar-refractivity contribution in [1.82, 2.24) is 0 Å². The number of carboxylic acid groups (broad SMARTS) is 1. The average Bonchev–Trinajstić information content (AvgIpc) is 2.67. The molecular formula is C23H33NO4. The monoisotopic (exact) mass is 387 g/mol. The minimum absolute atomic E-state index is 0.0995. The molecule has 1 unspecified atom stereocenters. The molecule has 154 valence electrons. The summed E-state index contributed by atoms with van der Waals surface area (Å²) in [5, 5.41) is 17.2. The van der Waals surface area contributed by atoms with E-state index in [-0.39, 0.29) is 12.0 Å². The number of carbonyl (C=O) groups is 1. The lowest BCUT2D eigenvalue weighted by Gasteiger charge is -2.36. The topological polar surface area (TPSA) is 79.5 Å². The second kappa shape index (κ2) is 11.6. The van der Waals surface area contributed by atoms with E-state index in [1.807, 2.05) is 18.2 Å². The van der Waals surface area contributed by atoms with Crippen LogP contribution in [-0.4, -0.2) is 23.3 Å². The van der Waals surface area contributed by atoms with Gasteiger partial charge in [0.05, 0.1) is 12.7 Å². The number of carboxylic acids is 1. The Morgan fingerprint density at radius 2 is 1.96 bits per heavy atom. The molecule has 1 N–H and O–H groups in total. The van der Waals surface area contributed by atoms with Crippen molar-refractivity contribution in [3.8, 4) is 17.6 Å². The van der Waals surface area contributed by atoms with Crippen molar-refractivity contribution in [3.05, 3.63) is 23.8 Å². The molecule has 2 rings (SSSR count). The smallest absolute Gasteiger partial charge is 0.303 e. The largest absolute Gasteiger partial charge is 0.494 e. The van der Waals surface area contributed by atoms with Crippen molar-refractivity contribution in [1.29, 1.82) is 5.26 Å². The van der Waals surface area contributed by atoms with Gasteiger partial charge in [-0.15, -0.1) is 0 Å². The van der Waals surface area contributed by atoms with Crippen LogP contribution >= 0.6 is 0 Å². The molecule has 28 heavy (non-hydrogen) atoms. The number of benzene rings is 1. The Kier molecular flexibility index (Phi) is 9.13. The molecule has 5 heteroatoms. The number of rotatable bonds is 13. The molecule has 1 heterocycles. The lowest BCUT2D eigenvalue weighted by atomic mass is 9.88. The molecule has 1 aliphatic heterocycles. The van der Waals surface area contributed by atoms with Crippen molar-refractivity contribution < 1.29 is 19.4 Å². The number of fused-ring (bicyclic) bond motifs is 1. The van der Waals surface area contributed by atoms with Crippen LogP contribution in [-0.2, 0) is 11.2 Å². The van der Waals surface area contributed by atoms with Gasteiger partial charge in [0, 0.05) is 12.8 Å². The predicted molar refractivity (Wildman–Crippen MR) is 109 cm³/mol. The highest BCUT2D eigenvalue weighted by Gasteiger charge is 2.31. The minimum atomic E-state index is -0.791. The van der Waals surface area contributed by atoms with Gasteiger partial charge in [-0.1, -0.05) is 25.7 Å². The van der Waals surface area contributed by atoms with Gasteiger partial charge in [0.15, 0.2) is 0 Å². The first-order valence-electron chi connectivity index (χ1n) is 10.6. The zero-order valence-electron chi connectivity index (χ0n) is 17.0. The normalized spacial score (nSPS) is 18.0. The highest BCUT2D eigenvalue weighted by Crippen LogP contribution is 2.37. The summed E-state index contributed by atoms with van der Waals surface area (Å²) in [5.41, 5.74) is 1.07. The molecule has 1 aromatic rings. The molecule has 1 aliphatic rings. The Bertz CT molecular complexity index is 667. The third kappa shape index (κ3) is 7.80. The van der Waals surface area contributed by atoms with Crippen LogP contribution in [0, 0.1) is 11.3 Å². The Morgan fingerprint density at radius 1 is 1.21 bits per heavy atom. The van der Waals surface area contributed by atoms with Crippen LogP contribution in [0.5, 0.6) is 11.5 Å². The van der Waals surface area contributed by atoms with Gasteiger partial charge in [0.2, 0.25) is 0 Å². The Morgan fingerprint density at radius 3 is 2.71 bits per heavy atom. The van der Waals surface area contributed by atoms with Crippen LogP contribution in [0.4, 0.5) is 0 Å². The number of hydrogen-bond donors (Lipinski definition) is 1. The zero-order valence-corrected chi connectivity index (χ0v) is 17.0. The lowest BCUT2D eigenvalue weighted by molar-refractivity contribution is -0.137. The average molecular weight is 388 g/mol. The summed E-state index contributed by atoms with van der Waals surface area (Å²) in [7, 11) is 0. The number of unbranched alkanes of at least 4 members (excludes halogenated alkanes) is 6. The molecular weight excluding hydrogens is 354 g/mol. The van der Waals surface area contributed by atoms with Gasteiger partial charge in [0.25, 0.3) is 0 Å². The van der Waals surface area contributed by atoms with E-state index in [4.69, 9.17) is 19.8 Å². The second-order valence-corrected chi connectivity index (χ2v) is 7.95. The van der Waals surface area contributed by atoms with Crippen molar-refractivity contribution in [2.45, 2.75) is 89.6 Å². The summed E-state index contributed by atoms with van der Waals surface area (Å²) in [5.74, 6) is 0.941. The summed E-state index contributed by atoms with van der Waals surface area (Å²) in [6.07, 6.45) is 11.4. The fourth-order valence-electron chi connectivity index (χ4n) is 3.66. The molecule has 1 aromatic carbocycles. The van der Waals surface area contributed by atoms with Gasteiger partial charge in [-0.25, -0.2) is 0 Å². The molecule has 0 spiro atoms. The Labute approximate surface area is 168 Å². The lowest BCUT2D eigenvalue weighted by Crippen LogP contribution is -2.36. The van der Waals surface area contributed by atoms with E-state index in [1.165, 1.54) is 31.2 Å². The maximum Gasteiger partial charge on any atom is 0.303 e. The van der Waals surface area contributed by atoms with E-state index in [9.17, 15) is 4.79 Å². The molecule has 0 radical (unpaired) electrons. The number of nitriles is 1. The number of aryl methyl sites for hydroxylation is 1. The van der Waals surface area contributed by atoms with Gasteiger partial charge >= 0.3 is 5.97 Å². The Balaban J connectivity index is 1.71.